The van der Waals surface area contributed by atoms with E-state index in [0.29, 0.717) is 0 Å². The van der Waals surface area contributed by atoms with Gasteiger partial charge in [0.15, 0.2) is 0 Å². The Morgan fingerprint density at radius 1 is 0.500 bits per heavy atom. The van der Waals surface area contributed by atoms with Crippen molar-refractivity contribution in [3.63, 3.8) is 0 Å². The van der Waals surface area contributed by atoms with Crippen LogP contribution in [0.1, 0.15) is 105 Å². The smallest absolute Gasteiger partial charge is 0.358 e. The van der Waals surface area contributed by atoms with Crippen LogP contribution in [0.5, 0.6) is 0 Å². The molecule has 0 radical (unpaired) electrons. The fourth-order valence-electron chi connectivity index (χ4n) is 8.05. The Labute approximate surface area is 338 Å². The van der Waals surface area contributed by atoms with E-state index >= 15 is 0 Å². The summed E-state index contributed by atoms with van der Waals surface area (Å²) in [6.45, 7) is 18.5. The maximum atomic E-state index is 2.64. The Morgan fingerprint density at radius 2 is 0.865 bits per heavy atom. The van der Waals surface area contributed by atoms with Gasteiger partial charge >= 0.3 is 25.8 Å². The molecule has 6 rings (SSSR count). The van der Waals surface area contributed by atoms with Crippen molar-refractivity contribution in [2.45, 2.75) is 117 Å². The zero-order valence-corrected chi connectivity index (χ0v) is 38.6. The second-order valence-corrected chi connectivity index (χ2v) is 21.1. The van der Waals surface area contributed by atoms with Crippen molar-refractivity contribution >= 4 is 40.0 Å². The summed E-state index contributed by atoms with van der Waals surface area (Å²) in [6, 6.07) is 45.7. The van der Waals surface area contributed by atoms with Crippen molar-refractivity contribution in [2.24, 2.45) is 0 Å². The molecule has 0 saturated carbocycles. The molecule has 0 atom stereocenters. The first kappa shape index (κ1) is 43.6. The number of benzene rings is 4. The fraction of sp³-hybridized carbons (Fsp3) is 0.360. The summed E-state index contributed by atoms with van der Waals surface area (Å²) in [5, 5.41) is 8.90. The molecule has 0 aliphatic heterocycles. The predicted octanol–water partition coefficient (Wildman–Crippen LogP) is 14.2. The van der Waals surface area contributed by atoms with Crippen LogP contribution in [0.3, 0.4) is 0 Å². The van der Waals surface area contributed by atoms with Crippen LogP contribution in [0.4, 0.5) is 0 Å². The quantitative estimate of drug-likeness (QED) is 0.0653. The summed E-state index contributed by atoms with van der Waals surface area (Å²) in [5.74, 6) is 0. The Morgan fingerprint density at radius 3 is 1.19 bits per heavy atom. The number of hydrogen-bond acceptors (Lipinski definition) is 0. The molecular weight excluding hydrogens is 807 g/mol. The van der Waals surface area contributed by atoms with Crippen molar-refractivity contribution in [1.82, 2.24) is 0 Å². The minimum atomic E-state index is -2.10. The third-order valence-corrected chi connectivity index (χ3v) is 16.3. The van der Waals surface area contributed by atoms with E-state index in [1.54, 1.807) is 10.4 Å². The molecule has 0 unspecified atom stereocenters. The van der Waals surface area contributed by atoms with E-state index in [0.717, 1.165) is 0 Å². The molecule has 0 amide bonds. The Hall–Kier alpha value is -2.81. The molecule has 0 N–H and O–H groups in total. The first-order valence-electron chi connectivity index (χ1n) is 19.1. The first-order chi connectivity index (χ1) is 23.4. The van der Waals surface area contributed by atoms with Gasteiger partial charge in [0.05, 0.1) is 8.07 Å². The van der Waals surface area contributed by atoms with E-state index in [2.05, 4.69) is 165 Å². The standard InChI is InChI=1S/C48H58Si.2CH3.Hf/c1-9-11-13-29-49(30-14-12-10-2,41-31-37-17-15-19-43(45(37)33-41)35-21-25-39(26-22-35)47(3,4)5)42-32-38-18-16-20-44(46(38)34-42)36-23-27-40(28-24-36)48(6,7)8;;;/h15-28,31-34H,9-14,29-30H2,1-8H3;2*1H3;/q-2;2*-1;+4. The predicted molar refractivity (Wildman–Crippen MR) is 234 cm³/mol. The molecular formula is C50H64HfSi. The Bertz CT molecular complexity index is 1840. The summed E-state index contributed by atoms with van der Waals surface area (Å²) in [7, 11) is -2.10. The number of unbranched alkanes of at least 4 members (excludes halogenated alkanes) is 4. The van der Waals surface area contributed by atoms with E-state index < -0.39 is 8.07 Å². The van der Waals surface area contributed by atoms with Crippen LogP contribution in [0.2, 0.25) is 12.1 Å². The van der Waals surface area contributed by atoms with Gasteiger partial charge in [0.1, 0.15) is 0 Å². The van der Waals surface area contributed by atoms with Crippen LogP contribution < -0.4 is 10.4 Å². The SMILES string of the molecule is CCCCC[Si](CCCCC)(c1cc2c(-c3ccc(C(C)(C)C)cc3)cccc2[cH-]1)c1cc2c(-c3ccc(C(C)(C)C)cc3)cccc2[cH-]1.[CH3-].[CH3-].[Hf+4]. The van der Waals surface area contributed by atoms with Crippen LogP contribution in [0, 0.1) is 14.9 Å². The molecule has 6 aromatic carbocycles. The summed E-state index contributed by atoms with van der Waals surface area (Å²) < 4.78 is 0. The molecule has 0 saturated heterocycles. The summed E-state index contributed by atoms with van der Waals surface area (Å²) >= 11 is 0. The molecule has 0 fully saturated rings. The largest absolute Gasteiger partial charge is 4.00 e. The normalized spacial score (nSPS) is 12.0. The summed E-state index contributed by atoms with van der Waals surface area (Å²) in [6.07, 6.45) is 7.74. The molecule has 0 bridgehead atoms. The van der Waals surface area contributed by atoms with Gasteiger partial charge in [-0.1, -0.05) is 178 Å². The van der Waals surface area contributed by atoms with Crippen molar-refractivity contribution in [3.8, 4) is 22.3 Å². The molecule has 0 heterocycles. The second kappa shape index (κ2) is 18.0. The summed E-state index contributed by atoms with van der Waals surface area (Å²) in [5.41, 5.74) is 8.45. The van der Waals surface area contributed by atoms with E-state index in [-0.39, 0.29) is 51.5 Å². The number of hydrogen-bond donors (Lipinski definition) is 0. The number of rotatable bonds is 12. The van der Waals surface area contributed by atoms with Crippen LogP contribution in [0.15, 0.2) is 109 Å². The van der Waals surface area contributed by atoms with Gasteiger partial charge in [0.2, 0.25) is 0 Å². The van der Waals surface area contributed by atoms with Gasteiger partial charge in [-0.15, -0.1) is 68.3 Å². The maximum Gasteiger partial charge on any atom is 4.00 e. The molecule has 52 heavy (non-hydrogen) atoms. The van der Waals surface area contributed by atoms with Gasteiger partial charge in [-0.05, 0) is 33.1 Å². The molecule has 2 heteroatoms. The van der Waals surface area contributed by atoms with Crippen LogP contribution in [-0.4, -0.2) is 8.07 Å². The van der Waals surface area contributed by atoms with Crippen molar-refractivity contribution in [2.75, 3.05) is 0 Å². The van der Waals surface area contributed by atoms with Gasteiger partial charge in [-0.2, -0.15) is 12.1 Å². The van der Waals surface area contributed by atoms with Gasteiger partial charge in [-0.25, -0.2) is 0 Å². The van der Waals surface area contributed by atoms with Gasteiger partial charge in [-0.3, -0.25) is 0 Å². The summed E-state index contributed by atoms with van der Waals surface area (Å²) in [4.78, 5) is 0. The second-order valence-electron chi connectivity index (χ2n) is 16.8. The monoisotopic (exact) mass is 872 g/mol. The molecule has 0 aliphatic rings. The average Bonchev–Trinajstić information content (AvgIpc) is 3.73. The van der Waals surface area contributed by atoms with Crippen LogP contribution >= 0.6 is 0 Å². The Kier molecular flexibility index (Phi) is 15.1. The molecule has 272 valence electrons. The molecule has 0 nitrogen and oxygen atoms in total. The van der Waals surface area contributed by atoms with Crippen LogP contribution in [0.25, 0.3) is 43.8 Å². The van der Waals surface area contributed by atoms with Crippen molar-refractivity contribution < 1.29 is 25.8 Å². The molecule has 0 spiro atoms. The van der Waals surface area contributed by atoms with E-state index in [9.17, 15) is 0 Å². The zero-order valence-electron chi connectivity index (χ0n) is 34.0. The Balaban J connectivity index is 0.00000243. The maximum absolute atomic E-state index is 2.64. The van der Waals surface area contributed by atoms with Gasteiger partial charge in [0.25, 0.3) is 0 Å². The van der Waals surface area contributed by atoms with Crippen LogP contribution in [-0.2, 0) is 36.7 Å². The topological polar surface area (TPSA) is 0 Å². The average molecular weight is 872 g/mol. The molecule has 0 aromatic heterocycles. The minimum Gasteiger partial charge on any atom is -0.358 e. The third kappa shape index (κ3) is 9.10. The van der Waals surface area contributed by atoms with Gasteiger partial charge < -0.3 is 14.9 Å². The van der Waals surface area contributed by atoms with Crippen molar-refractivity contribution in [1.29, 1.82) is 0 Å². The molecule has 6 aromatic rings. The fourth-order valence-corrected chi connectivity index (χ4v) is 13.2. The minimum absolute atomic E-state index is 0. The van der Waals surface area contributed by atoms with E-state index in [1.807, 2.05) is 0 Å². The van der Waals surface area contributed by atoms with Crippen molar-refractivity contribution in [3.05, 3.63) is 135 Å². The molecule has 0 aliphatic carbocycles. The van der Waals surface area contributed by atoms with Gasteiger partial charge in [0, 0.05) is 0 Å². The number of fused-ring (bicyclic) bond motifs is 2. The third-order valence-electron chi connectivity index (χ3n) is 11.1. The van der Waals surface area contributed by atoms with E-state index in [1.165, 1.54) is 106 Å². The zero-order chi connectivity index (χ0) is 34.8. The first-order valence-corrected chi connectivity index (χ1v) is 21.5. The van der Waals surface area contributed by atoms with E-state index in [4.69, 9.17) is 0 Å².